The summed E-state index contributed by atoms with van der Waals surface area (Å²) in [6.45, 7) is 0.745. The average molecular weight is 385 g/mol. The molecule has 1 aromatic heterocycles. The number of fused-ring (bicyclic) bond motifs is 3. The van der Waals surface area contributed by atoms with Crippen molar-refractivity contribution >= 4 is 5.71 Å². The molecule has 0 N–H and O–H groups in total. The Bertz CT molecular complexity index is 1040. The Balaban J connectivity index is 1.96. The number of aromatic nitrogens is 3. The van der Waals surface area contributed by atoms with Crippen LogP contribution in [0.1, 0.15) is 28.3 Å². The predicted octanol–water partition coefficient (Wildman–Crippen LogP) is 3.70. The van der Waals surface area contributed by atoms with Crippen LogP contribution in [-0.2, 0) is 19.3 Å². The highest BCUT2D eigenvalue weighted by Gasteiger charge is 2.33. The van der Waals surface area contributed by atoms with Crippen molar-refractivity contribution in [3.63, 3.8) is 0 Å². The highest BCUT2D eigenvalue weighted by molar-refractivity contribution is 6.15. The number of alkyl halides is 3. The van der Waals surface area contributed by atoms with Gasteiger partial charge < -0.3 is 4.90 Å². The molecule has 0 saturated carbocycles. The second kappa shape index (κ2) is 6.87. The Morgan fingerprint density at radius 2 is 1.79 bits per heavy atom. The molecule has 0 radical (unpaired) electrons. The summed E-state index contributed by atoms with van der Waals surface area (Å²) in [6, 6.07) is 13.0. The van der Waals surface area contributed by atoms with Gasteiger partial charge in [0.1, 0.15) is 6.54 Å². The fraction of sp³-hybridized carbons (Fsp3) is 0.250. The van der Waals surface area contributed by atoms with Gasteiger partial charge in [-0.25, -0.2) is 0 Å². The molecule has 8 heteroatoms. The van der Waals surface area contributed by atoms with Crippen LogP contribution in [0, 0.1) is 0 Å². The quantitative estimate of drug-likeness (QED) is 0.691. The summed E-state index contributed by atoms with van der Waals surface area (Å²) in [7, 11) is 3.80. The summed E-state index contributed by atoms with van der Waals surface area (Å²) in [5, 5.41) is 8.45. The Labute approximate surface area is 160 Å². The molecule has 144 valence electrons. The Kier molecular flexibility index (Phi) is 4.50. The van der Waals surface area contributed by atoms with Crippen LogP contribution in [0.15, 0.2) is 53.5 Å². The molecule has 0 spiro atoms. The van der Waals surface area contributed by atoms with Crippen LogP contribution in [-0.4, -0.2) is 39.5 Å². The fourth-order valence-corrected chi connectivity index (χ4v) is 3.29. The standard InChI is InChI=1S/C20H18F3N5/c1-27(2)12-18-26-25-17-11-24-19(13-6-4-3-5-7-13)15-10-14(20(21,22)23)8-9-16(15)28(17)18/h3-10H,11-12H2,1-2H3. The lowest BCUT2D eigenvalue weighted by Gasteiger charge is -2.17. The third-order valence-electron chi connectivity index (χ3n) is 4.50. The average Bonchev–Trinajstić information content (AvgIpc) is 2.95. The molecule has 5 nitrogen and oxygen atoms in total. The molecule has 2 aromatic carbocycles. The minimum atomic E-state index is -4.44. The van der Waals surface area contributed by atoms with Gasteiger partial charge in [0, 0.05) is 11.1 Å². The normalized spacial score (nSPS) is 13.7. The molecule has 0 atom stereocenters. The zero-order chi connectivity index (χ0) is 19.9. The van der Waals surface area contributed by atoms with E-state index < -0.39 is 11.7 Å². The Morgan fingerprint density at radius 1 is 1.04 bits per heavy atom. The van der Waals surface area contributed by atoms with Crippen molar-refractivity contribution in [2.24, 2.45) is 4.99 Å². The molecule has 2 heterocycles. The van der Waals surface area contributed by atoms with Gasteiger partial charge in [-0.1, -0.05) is 30.3 Å². The van der Waals surface area contributed by atoms with Gasteiger partial charge in [0.15, 0.2) is 11.6 Å². The van der Waals surface area contributed by atoms with E-state index in [2.05, 4.69) is 15.2 Å². The van der Waals surface area contributed by atoms with Gasteiger partial charge in [-0.05, 0) is 32.3 Å². The first-order chi connectivity index (χ1) is 13.3. The smallest absolute Gasteiger partial charge is 0.302 e. The van der Waals surface area contributed by atoms with Crippen LogP contribution >= 0.6 is 0 Å². The molecule has 0 saturated heterocycles. The molecule has 3 aromatic rings. The molecule has 0 amide bonds. The molecule has 4 rings (SSSR count). The van der Waals surface area contributed by atoms with Gasteiger partial charge in [-0.15, -0.1) is 10.2 Å². The van der Waals surface area contributed by atoms with Crippen molar-refractivity contribution in [2.45, 2.75) is 19.3 Å². The van der Waals surface area contributed by atoms with Crippen molar-refractivity contribution in [1.29, 1.82) is 0 Å². The molecule has 0 bridgehead atoms. The summed E-state index contributed by atoms with van der Waals surface area (Å²) in [5.41, 5.74) is 1.59. The van der Waals surface area contributed by atoms with Crippen LogP contribution < -0.4 is 0 Å². The summed E-state index contributed by atoms with van der Waals surface area (Å²) in [5.74, 6) is 1.26. The lowest BCUT2D eigenvalue weighted by molar-refractivity contribution is -0.137. The fourth-order valence-electron chi connectivity index (χ4n) is 3.29. The van der Waals surface area contributed by atoms with E-state index >= 15 is 0 Å². The first-order valence-corrected chi connectivity index (χ1v) is 8.74. The number of benzene rings is 2. The topological polar surface area (TPSA) is 46.3 Å². The molecule has 0 fully saturated rings. The van der Waals surface area contributed by atoms with Gasteiger partial charge in [0.25, 0.3) is 0 Å². The Hall–Kier alpha value is -3.00. The largest absolute Gasteiger partial charge is 0.416 e. The third-order valence-corrected chi connectivity index (χ3v) is 4.50. The van der Waals surface area contributed by atoms with E-state index in [4.69, 9.17) is 0 Å². The zero-order valence-corrected chi connectivity index (χ0v) is 15.4. The second-order valence-electron chi connectivity index (χ2n) is 6.87. The third kappa shape index (κ3) is 3.31. The van der Waals surface area contributed by atoms with E-state index in [0.717, 1.165) is 17.7 Å². The molecule has 1 aliphatic rings. The first-order valence-electron chi connectivity index (χ1n) is 8.74. The highest BCUT2D eigenvalue weighted by Crippen LogP contribution is 2.34. The van der Waals surface area contributed by atoms with Crippen LogP contribution in [0.5, 0.6) is 0 Å². The molecule has 0 aliphatic carbocycles. The lowest BCUT2D eigenvalue weighted by Crippen LogP contribution is -2.17. The number of nitrogens with zero attached hydrogens (tertiary/aromatic N) is 5. The van der Waals surface area contributed by atoms with Crippen LogP contribution in [0.4, 0.5) is 13.2 Å². The van der Waals surface area contributed by atoms with E-state index in [-0.39, 0.29) is 6.54 Å². The minimum absolute atomic E-state index is 0.237. The van der Waals surface area contributed by atoms with Crippen molar-refractivity contribution in [3.8, 4) is 5.69 Å². The van der Waals surface area contributed by atoms with Crippen molar-refractivity contribution in [2.75, 3.05) is 14.1 Å². The van der Waals surface area contributed by atoms with Gasteiger partial charge in [-0.3, -0.25) is 9.56 Å². The van der Waals surface area contributed by atoms with Crippen molar-refractivity contribution in [1.82, 2.24) is 19.7 Å². The number of hydrogen-bond acceptors (Lipinski definition) is 4. The summed E-state index contributed by atoms with van der Waals surface area (Å²) >= 11 is 0. The minimum Gasteiger partial charge on any atom is -0.302 e. The Morgan fingerprint density at radius 3 is 2.46 bits per heavy atom. The highest BCUT2D eigenvalue weighted by atomic mass is 19.4. The van der Waals surface area contributed by atoms with Crippen LogP contribution in [0.3, 0.4) is 0 Å². The summed E-state index contributed by atoms with van der Waals surface area (Å²) in [4.78, 5) is 6.54. The predicted molar refractivity (Wildman–Crippen MR) is 99.5 cm³/mol. The van der Waals surface area contributed by atoms with Crippen LogP contribution in [0.2, 0.25) is 0 Å². The van der Waals surface area contributed by atoms with E-state index in [1.165, 1.54) is 6.07 Å². The van der Waals surface area contributed by atoms with Gasteiger partial charge in [0.2, 0.25) is 0 Å². The maximum Gasteiger partial charge on any atom is 0.416 e. The van der Waals surface area contributed by atoms with Gasteiger partial charge in [-0.2, -0.15) is 13.2 Å². The maximum atomic E-state index is 13.4. The SMILES string of the molecule is CN(C)Cc1nnc2n1-c1ccc(C(F)(F)F)cc1C(c1ccccc1)=NC2. The molecular formula is C20H18F3N5. The van der Waals surface area contributed by atoms with Gasteiger partial charge in [0.05, 0.1) is 23.5 Å². The molecular weight excluding hydrogens is 367 g/mol. The number of hydrogen-bond donors (Lipinski definition) is 0. The zero-order valence-electron chi connectivity index (χ0n) is 15.4. The summed E-state index contributed by atoms with van der Waals surface area (Å²) in [6.07, 6.45) is -4.44. The van der Waals surface area contributed by atoms with Gasteiger partial charge >= 0.3 is 6.18 Å². The number of halogens is 3. The first kappa shape index (κ1) is 18.4. The van der Waals surface area contributed by atoms with E-state index in [1.54, 1.807) is 0 Å². The monoisotopic (exact) mass is 385 g/mol. The van der Waals surface area contributed by atoms with Crippen molar-refractivity contribution in [3.05, 3.63) is 76.9 Å². The van der Waals surface area contributed by atoms with E-state index in [0.29, 0.717) is 35.2 Å². The van der Waals surface area contributed by atoms with E-state index in [9.17, 15) is 13.2 Å². The number of rotatable bonds is 3. The molecule has 1 aliphatic heterocycles. The molecule has 0 unspecified atom stereocenters. The second-order valence-corrected chi connectivity index (χ2v) is 6.87. The lowest BCUT2D eigenvalue weighted by atomic mass is 9.98. The van der Waals surface area contributed by atoms with Crippen molar-refractivity contribution < 1.29 is 13.2 Å². The van der Waals surface area contributed by atoms with E-state index in [1.807, 2.05) is 53.9 Å². The summed E-state index contributed by atoms with van der Waals surface area (Å²) < 4.78 is 42.0. The van der Waals surface area contributed by atoms with Crippen LogP contribution in [0.25, 0.3) is 5.69 Å². The number of aliphatic imine (C=N–C) groups is 1. The molecule has 28 heavy (non-hydrogen) atoms. The maximum absolute atomic E-state index is 13.4.